The zero-order valence-corrected chi connectivity index (χ0v) is 17.1. The molecule has 8 nitrogen and oxygen atoms in total. The smallest absolute Gasteiger partial charge is 0.323 e. The van der Waals surface area contributed by atoms with Gasteiger partial charge in [-0.3, -0.25) is 24.1 Å². The second kappa shape index (κ2) is 8.39. The molecule has 1 saturated carbocycles. The van der Waals surface area contributed by atoms with E-state index in [2.05, 4.69) is 0 Å². The predicted octanol–water partition coefficient (Wildman–Crippen LogP) is 2.38. The third kappa shape index (κ3) is 4.69. The van der Waals surface area contributed by atoms with Crippen LogP contribution in [0.15, 0.2) is 27.0 Å². The Labute approximate surface area is 179 Å². The van der Waals surface area contributed by atoms with E-state index in [1.807, 2.05) is 0 Å². The zero-order chi connectivity index (χ0) is 21.3. The highest BCUT2D eigenvalue weighted by Crippen LogP contribution is 2.33. The molecule has 1 aromatic heterocycles. The van der Waals surface area contributed by atoms with E-state index in [-0.39, 0.29) is 27.9 Å². The molecule has 1 unspecified atom stereocenters. The number of thioether (sulfide) groups is 1. The molecule has 1 amide bonds. The van der Waals surface area contributed by atoms with Crippen LogP contribution in [0.1, 0.15) is 24.4 Å². The number of amides is 1. The Morgan fingerprint density at radius 1 is 1.17 bits per heavy atom. The summed E-state index contributed by atoms with van der Waals surface area (Å²) >= 11 is 11.1. The largest absolute Gasteiger partial charge is 0.481 e. The molecule has 2 N–H and O–H groups in total. The molecule has 29 heavy (non-hydrogen) atoms. The van der Waals surface area contributed by atoms with E-state index in [1.54, 1.807) is 12.1 Å². The van der Waals surface area contributed by atoms with Gasteiger partial charge in [0.2, 0.25) is 0 Å². The lowest BCUT2D eigenvalue weighted by atomic mass is 10.0. The van der Waals surface area contributed by atoms with Crippen molar-refractivity contribution in [1.29, 1.82) is 0 Å². The van der Waals surface area contributed by atoms with Gasteiger partial charge < -0.3 is 14.6 Å². The second-order valence-electron chi connectivity index (χ2n) is 6.23. The van der Waals surface area contributed by atoms with Crippen LogP contribution in [-0.2, 0) is 19.2 Å². The lowest BCUT2D eigenvalue weighted by Crippen LogP contribution is -2.33. The number of hydrogen-bond acceptors (Lipinski definition) is 8. The number of carboxylic acid groups (broad SMARTS) is 2. The highest BCUT2D eigenvalue weighted by molar-refractivity contribution is 8.26. The topological polar surface area (TPSA) is 125 Å². The average Bonchev–Trinajstić information content (AvgIpc) is 3.25. The SMILES string of the molecule is O=C(O)CC1C(=O)/C(=C/c2ccc(/C=C3\SC(=S)N(CC(=O)O)C3=O)o2)CC1=S. The fourth-order valence-corrected chi connectivity index (χ4v) is 4.45. The number of Topliss-reactive ketones (excluding diaryl/α,β-unsaturated/α-hetero) is 1. The third-order valence-electron chi connectivity index (χ3n) is 4.17. The van der Waals surface area contributed by atoms with Gasteiger partial charge >= 0.3 is 11.9 Å². The maximum atomic E-state index is 12.4. The number of carbonyl (C=O) groups excluding carboxylic acids is 2. The summed E-state index contributed by atoms with van der Waals surface area (Å²) in [5.41, 5.74) is 0.370. The molecule has 1 aromatic rings. The fourth-order valence-electron chi connectivity index (χ4n) is 2.87. The molecule has 1 aliphatic carbocycles. The number of aliphatic carboxylic acids is 2. The van der Waals surface area contributed by atoms with E-state index in [9.17, 15) is 19.2 Å². The van der Waals surface area contributed by atoms with Gasteiger partial charge in [-0.2, -0.15) is 0 Å². The monoisotopic (exact) mass is 451 g/mol. The van der Waals surface area contributed by atoms with Crippen LogP contribution in [0.2, 0.25) is 0 Å². The Kier molecular flexibility index (Phi) is 6.10. The molecule has 0 radical (unpaired) electrons. The van der Waals surface area contributed by atoms with E-state index in [1.165, 1.54) is 12.2 Å². The van der Waals surface area contributed by atoms with Crippen molar-refractivity contribution in [3.63, 3.8) is 0 Å². The van der Waals surface area contributed by atoms with E-state index in [0.717, 1.165) is 16.7 Å². The van der Waals surface area contributed by atoms with Gasteiger partial charge in [-0.05, 0) is 18.2 Å². The van der Waals surface area contributed by atoms with Crippen LogP contribution in [0.5, 0.6) is 0 Å². The van der Waals surface area contributed by atoms with Gasteiger partial charge in [0.15, 0.2) is 5.78 Å². The first kappa shape index (κ1) is 21.1. The first-order valence-corrected chi connectivity index (χ1v) is 9.85. The molecule has 11 heteroatoms. The summed E-state index contributed by atoms with van der Waals surface area (Å²) in [7, 11) is 0. The number of carboxylic acids is 2. The van der Waals surface area contributed by atoms with Crippen LogP contribution in [0.25, 0.3) is 12.2 Å². The summed E-state index contributed by atoms with van der Waals surface area (Å²) < 4.78 is 5.74. The molecule has 2 aliphatic rings. The molecule has 2 fully saturated rings. The second-order valence-corrected chi connectivity index (χ2v) is 8.43. The number of carbonyl (C=O) groups is 4. The Balaban J connectivity index is 1.77. The molecule has 0 bridgehead atoms. The standard InChI is InChI=1S/C18H13NO7S3/c20-14(21)6-11-12(27)4-8(16(11)24)3-9-1-2-10(26-9)5-13-17(25)19(7-15(22)23)18(28)29-13/h1-3,5,11H,4,6-7H2,(H,20,21)(H,22,23)/b8-3+,13-5-. The van der Waals surface area contributed by atoms with E-state index < -0.39 is 30.3 Å². The van der Waals surface area contributed by atoms with Crippen LogP contribution in [0.3, 0.4) is 0 Å². The van der Waals surface area contributed by atoms with Crippen molar-refractivity contribution < 1.29 is 33.8 Å². The molecule has 0 aromatic carbocycles. The summed E-state index contributed by atoms with van der Waals surface area (Å²) in [4.78, 5) is 47.9. The van der Waals surface area contributed by atoms with Gasteiger partial charge in [0.1, 0.15) is 22.4 Å². The van der Waals surface area contributed by atoms with Crippen molar-refractivity contribution >= 4 is 81.2 Å². The van der Waals surface area contributed by atoms with E-state index >= 15 is 0 Å². The normalized spacial score (nSPS) is 22.3. The summed E-state index contributed by atoms with van der Waals surface area (Å²) in [6, 6.07) is 3.18. The Bertz CT molecular complexity index is 942. The van der Waals surface area contributed by atoms with Crippen LogP contribution in [-0.4, -0.2) is 54.5 Å². The van der Waals surface area contributed by atoms with Gasteiger partial charge in [-0.15, -0.1) is 0 Å². The lowest BCUT2D eigenvalue weighted by Gasteiger charge is -2.09. The van der Waals surface area contributed by atoms with Crippen LogP contribution in [0.4, 0.5) is 0 Å². The Morgan fingerprint density at radius 2 is 1.83 bits per heavy atom. The van der Waals surface area contributed by atoms with Crippen molar-refractivity contribution in [2.45, 2.75) is 12.8 Å². The number of furan rings is 1. The maximum absolute atomic E-state index is 12.4. The maximum Gasteiger partial charge on any atom is 0.323 e. The van der Waals surface area contributed by atoms with Gasteiger partial charge in [-0.1, -0.05) is 36.2 Å². The molecule has 1 saturated heterocycles. The first-order chi connectivity index (χ1) is 13.7. The minimum absolute atomic E-state index is 0.145. The van der Waals surface area contributed by atoms with Crippen LogP contribution < -0.4 is 0 Å². The number of hydrogen-bond donors (Lipinski definition) is 2. The molecular weight excluding hydrogens is 438 g/mol. The zero-order valence-electron chi connectivity index (χ0n) is 14.6. The summed E-state index contributed by atoms with van der Waals surface area (Å²) in [5, 5.41) is 17.8. The minimum atomic E-state index is -1.17. The number of nitrogens with zero attached hydrogens (tertiary/aromatic N) is 1. The molecule has 1 aliphatic heterocycles. The summed E-state index contributed by atoms with van der Waals surface area (Å²) in [6.07, 6.45) is 2.81. The van der Waals surface area contributed by atoms with Crippen LogP contribution >= 0.6 is 36.2 Å². The van der Waals surface area contributed by atoms with Crippen molar-refractivity contribution in [3.05, 3.63) is 34.1 Å². The van der Waals surface area contributed by atoms with Crippen molar-refractivity contribution in [2.75, 3.05) is 6.54 Å². The molecular formula is C18H13NO7S3. The highest BCUT2D eigenvalue weighted by Gasteiger charge is 2.36. The van der Waals surface area contributed by atoms with Gasteiger partial charge in [0, 0.05) is 22.9 Å². The summed E-state index contributed by atoms with van der Waals surface area (Å²) in [5.74, 6) is -3.25. The molecule has 150 valence electrons. The fraction of sp³-hybridized carbons (Fsp3) is 0.222. The Morgan fingerprint density at radius 3 is 2.45 bits per heavy atom. The number of allylic oxidation sites excluding steroid dienone is 1. The van der Waals surface area contributed by atoms with Gasteiger partial charge in [0.05, 0.1) is 17.2 Å². The lowest BCUT2D eigenvalue weighted by molar-refractivity contribution is -0.140. The number of thiocarbonyl (C=S) groups is 2. The predicted molar refractivity (Wildman–Crippen MR) is 112 cm³/mol. The van der Waals surface area contributed by atoms with Crippen molar-refractivity contribution in [2.24, 2.45) is 5.92 Å². The van der Waals surface area contributed by atoms with Gasteiger partial charge in [0.25, 0.3) is 5.91 Å². The van der Waals surface area contributed by atoms with Crippen molar-refractivity contribution in [1.82, 2.24) is 4.90 Å². The molecule has 1 atom stereocenters. The number of rotatable bonds is 6. The third-order valence-corrected chi connectivity index (χ3v) is 5.98. The quantitative estimate of drug-likeness (QED) is 0.492. The molecule has 2 heterocycles. The minimum Gasteiger partial charge on any atom is -0.481 e. The average molecular weight is 452 g/mol. The van der Waals surface area contributed by atoms with Crippen molar-refractivity contribution in [3.8, 4) is 0 Å². The first-order valence-electron chi connectivity index (χ1n) is 8.22. The Hall–Kier alpha value is -2.63. The van der Waals surface area contributed by atoms with E-state index in [0.29, 0.717) is 22.0 Å². The molecule has 3 rings (SSSR count). The van der Waals surface area contributed by atoms with Gasteiger partial charge in [-0.25, -0.2) is 0 Å². The number of ketones is 1. The highest BCUT2D eigenvalue weighted by atomic mass is 32.2. The molecule has 0 spiro atoms. The van der Waals surface area contributed by atoms with Crippen LogP contribution in [0, 0.1) is 5.92 Å². The summed E-state index contributed by atoms with van der Waals surface area (Å²) in [6.45, 7) is -0.517. The van der Waals surface area contributed by atoms with E-state index in [4.69, 9.17) is 39.1 Å².